The summed E-state index contributed by atoms with van der Waals surface area (Å²) >= 11 is 9.81. The fraction of sp³-hybridized carbons (Fsp3) is 0.211. The van der Waals surface area contributed by atoms with E-state index in [0.29, 0.717) is 27.2 Å². The first-order valence-corrected chi connectivity index (χ1v) is 10.9. The Kier molecular flexibility index (Phi) is 5.42. The van der Waals surface area contributed by atoms with Gasteiger partial charge in [-0.05, 0) is 0 Å². The zero-order chi connectivity index (χ0) is 18.2. The normalized spacial score (nSPS) is 20.5. The molecule has 0 aliphatic carbocycles. The van der Waals surface area contributed by atoms with Crippen LogP contribution in [0.4, 0.5) is 5.69 Å². The molecule has 1 unspecified atom stereocenters. The predicted molar refractivity (Wildman–Crippen MR) is 107 cm³/mol. The van der Waals surface area contributed by atoms with E-state index in [2.05, 4.69) is 28.1 Å². The predicted octanol–water partition coefficient (Wildman–Crippen LogP) is 3.20. The van der Waals surface area contributed by atoms with Crippen molar-refractivity contribution in [3.8, 4) is 0 Å². The van der Waals surface area contributed by atoms with Crippen molar-refractivity contribution in [3.63, 3.8) is 0 Å². The van der Waals surface area contributed by atoms with Crippen molar-refractivity contribution >= 4 is 58.5 Å². The van der Waals surface area contributed by atoms with Crippen LogP contribution in [-0.4, -0.2) is 38.3 Å². The molecule has 0 fully saturated rings. The average Bonchev–Trinajstić information content (AvgIpc) is 2.83. The van der Waals surface area contributed by atoms with Crippen molar-refractivity contribution in [2.45, 2.75) is 12.5 Å². The number of anilines is 1. The molecule has 0 saturated heterocycles. The molecular weight excluding hydrogens is 469 g/mol. The van der Waals surface area contributed by atoms with Gasteiger partial charge in [-0.2, -0.15) is 0 Å². The Hall–Kier alpha value is -1.10. The third-order valence-electron chi connectivity index (χ3n) is 4.39. The number of likely N-dealkylation sites (N-methyl/N-ethyl adjacent to an activating group) is 1. The number of carbonyl (C=O) groups is 1. The molecule has 130 valence electrons. The zero-order valence-electron chi connectivity index (χ0n) is 13.8. The molecule has 1 atom stereocenters. The van der Waals surface area contributed by atoms with Crippen LogP contribution in [0.5, 0.6) is 0 Å². The molecule has 0 radical (unpaired) electrons. The maximum absolute atomic E-state index is 12.9. The number of nitrogens with zero attached hydrogens (tertiary/aromatic N) is 1. The van der Waals surface area contributed by atoms with Gasteiger partial charge in [-0.25, -0.2) is 0 Å². The van der Waals surface area contributed by atoms with Gasteiger partial charge in [-0.3, -0.25) is 0 Å². The molecule has 1 heterocycles. The van der Waals surface area contributed by atoms with Gasteiger partial charge in [0.1, 0.15) is 0 Å². The van der Waals surface area contributed by atoms with E-state index in [1.807, 2.05) is 25.1 Å². The van der Waals surface area contributed by atoms with E-state index in [1.54, 1.807) is 25.2 Å². The van der Waals surface area contributed by atoms with E-state index in [4.69, 9.17) is 11.6 Å². The van der Waals surface area contributed by atoms with E-state index in [-0.39, 0.29) is 20.9 Å². The number of alkyl halides is 1. The minimum absolute atomic E-state index is 0.00472. The van der Waals surface area contributed by atoms with Crippen molar-refractivity contribution in [1.82, 2.24) is 0 Å². The first-order chi connectivity index (χ1) is 11.9. The molecule has 25 heavy (non-hydrogen) atoms. The Bertz CT molecular complexity index is 856. The summed E-state index contributed by atoms with van der Waals surface area (Å²) in [5.41, 5.74) is 0.129. The number of hydrogen-bond acceptors (Lipinski definition) is 2. The second kappa shape index (κ2) is 7.26. The summed E-state index contributed by atoms with van der Waals surface area (Å²) in [6, 6.07) is 15.4. The number of fused-ring (bicyclic) bond motifs is 1. The van der Waals surface area contributed by atoms with Crippen LogP contribution in [0.1, 0.15) is 12.5 Å². The number of halogens is 2. The van der Waals surface area contributed by atoms with Gasteiger partial charge in [-0.15, -0.1) is 0 Å². The number of aliphatic hydroxyl groups is 1. The molecular formula is C19H17BrClNO2Se. The summed E-state index contributed by atoms with van der Waals surface area (Å²) in [6.45, 7) is 1.84. The Labute approximate surface area is 167 Å². The molecule has 1 aliphatic rings. The molecule has 0 spiro atoms. The summed E-state index contributed by atoms with van der Waals surface area (Å²) < 4.78 is 2.23. The van der Waals surface area contributed by atoms with Crippen LogP contribution in [0.3, 0.4) is 0 Å². The van der Waals surface area contributed by atoms with E-state index < -0.39 is 5.60 Å². The quantitative estimate of drug-likeness (QED) is 0.534. The van der Waals surface area contributed by atoms with Crippen LogP contribution < -0.4 is 9.36 Å². The first kappa shape index (κ1) is 18.7. The van der Waals surface area contributed by atoms with Crippen LogP contribution in [0, 0.1) is 0 Å². The number of rotatable bonds is 4. The molecule has 0 saturated carbocycles. The van der Waals surface area contributed by atoms with Gasteiger partial charge in [0.05, 0.1) is 0 Å². The van der Waals surface area contributed by atoms with Crippen LogP contribution >= 0.6 is 27.5 Å². The molecule has 2 aromatic carbocycles. The summed E-state index contributed by atoms with van der Waals surface area (Å²) in [5.74, 6) is -0.365. The van der Waals surface area contributed by atoms with Crippen molar-refractivity contribution < 1.29 is 9.90 Å². The van der Waals surface area contributed by atoms with Crippen molar-refractivity contribution in [1.29, 1.82) is 0 Å². The Morgan fingerprint density at radius 3 is 2.56 bits per heavy atom. The van der Waals surface area contributed by atoms with E-state index in [0.717, 1.165) is 4.47 Å². The third kappa shape index (κ3) is 3.09. The summed E-state index contributed by atoms with van der Waals surface area (Å²) in [5, 5.41) is 12.5. The van der Waals surface area contributed by atoms with Gasteiger partial charge in [0.15, 0.2) is 0 Å². The number of para-hydroxylation sites is 1. The SMILES string of the molecule is C/C(=C(/CBr)[Se]c1ccccc1)C1(O)C(=O)N(C)c2c(Cl)cccc21. The molecule has 6 heteroatoms. The van der Waals surface area contributed by atoms with Gasteiger partial charge in [-0.1, -0.05) is 0 Å². The standard InChI is InChI=1S/C19H17BrClNO2Se/c1-12(16(11-20)25-13-7-4-3-5-8-13)19(24)14-9-6-10-15(21)17(14)22(2)18(19)23/h3-10,24H,11H2,1-2H3/b16-12+. The van der Waals surface area contributed by atoms with Gasteiger partial charge in [0.2, 0.25) is 0 Å². The van der Waals surface area contributed by atoms with Gasteiger partial charge in [0, 0.05) is 0 Å². The number of carbonyl (C=O) groups excluding carboxylic acids is 1. The van der Waals surface area contributed by atoms with Crippen molar-refractivity contribution in [2.24, 2.45) is 0 Å². The fourth-order valence-corrected chi connectivity index (χ4v) is 6.28. The number of benzene rings is 2. The van der Waals surface area contributed by atoms with Gasteiger partial charge >= 0.3 is 167 Å². The maximum atomic E-state index is 12.9. The minimum atomic E-state index is -1.67. The second-order valence-corrected chi connectivity index (χ2v) is 9.23. The topological polar surface area (TPSA) is 40.5 Å². The Morgan fingerprint density at radius 2 is 1.92 bits per heavy atom. The monoisotopic (exact) mass is 485 g/mol. The Morgan fingerprint density at radius 1 is 1.24 bits per heavy atom. The van der Waals surface area contributed by atoms with E-state index in [1.165, 1.54) is 9.36 Å². The van der Waals surface area contributed by atoms with E-state index >= 15 is 0 Å². The Balaban J connectivity index is 2.13. The number of amides is 1. The van der Waals surface area contributed by atoms with Crippen LogP contribution in [0.2, 0.25) is 5.02 Å². The summed E-state index contributed by atoms with van der Waals surface area (Å²) in [6.07, 6.45) is 0. The zero-order valence-corrected chi connectivity index (χ0v) is 17.8. The third-order valence-corrected chi connectivity index (χ3v) is 8.62. The molecule has 3 rings (SSSR count). The number of allylic oxidation sites excluding steroid dienone is 1. The molecule has 2 aromatic rings. The first-order valence-electron chi connectivity index (χ1n) is 7.69. The van der Waals surface area contributed by atoms with Crippen LogP contribution in [-0.2, 0) is 10.4 Å². The van der Waals surface area contributed by atoms with E-state index in [9.17, 15) is 9.90 Å². The molecule has 3 nitrogen and oxygen atoms in total. The molecule has 1 amide bonds. The average molecular weight is 486 g/mol. The van der Waals surface area contributed by atoms with Gasteiger partial charge in [0.25, 0.3) is 0 Å². The second-order valence-electron chi connectivity index (χ2n) is 5.81. The van der Waals surface area contributed by atoms with Crippen LogP contribution in [0.25, 0.3) is 0 Å². The molecule has 0 bridgehead atoms. The fourth-order valence-electron chi connectivity index (χ4n) is 3.01. The molecule has 0 aromatic heterocycles. The van der Waals surface area contributed by atoms with Crippen LogP contribution in [0.15, 0.2) is 58.6 Å². The van der Waals surface area contributed by atoms with Gasteiger partial charge < -0.3 is 0 Å². The summed E-state index contributed by atoms with van der Waals surface area (Å²) in [7, 11) is 1.65. The van der Waals surface area contributed by atoms with Crippen molar-refractivity contribution in [2.75, 3.05) is 17.3 Å². The van der Waals surface area contributed by atoms with Crippen molar-refractivity contribution in [3.05, 3.63) is 69.2 Å². The number of hydrogen-bond donors (Lipinski definition) is 1. The molecule has 1 N–H and O–H groups in total. The molecule has 1 aliphatic heterocycles. The summed E-state index contributed by atoms with van der Waals surface area (Å²) in [4.78, 5) is 14.4.